The van der Waals surface area contributed by atoms with Crippen molar-refractivity contribution in [2.24, 2.45) is 0 Å². The predicted molar refractivity (Wildman–Crippen MR) is 70.2 cm³/mol. The van der Waals surface area contributed by atoms with Crippen molar-refractivity contribution in [3.05, 3.63) is 48.0 Å². The molecule has 3 rings (SSSR count). The molecule has 0 fully saturated rings. The van der Waals surface area contributed by atoms with Crippen LogP contribution in [0.2, 0.25) is 0 Å². The fourth-order valence-electron chi connectivity index (χ4n) is 1.88. The van der Waals surface area contributed by atoms with Crippen LogP contribution in [-0.4, -0.2) is 20.2 Å². The van der Waals surface area contributed by atoms with E-state index >= 15 is 0 Å². The van der Waals surface area contributed by atoms with Gasteiger partial charge in [-0.3, -0.25) is 5.10 Å². The summed E-state index contributed by atoms with van der Waals surface area (Å²) in [7, 11) is 0. The molecular weight excluding hydrogens is 226 g/mol. The van der Waals surface area contributed by atoms with Crippen LogP contribution in [0.5, 0.6) is 0 Å². The van der Waals surface area contributed by atoms with Crippen molar-refractivity contribution in [3.8, 4) is 0 Å². The third-order valence-electron chi connectivity index (χ3n) is 2.92. The van der Waals surface area contributed by atoms with Crippen molar-refractivity contribution in [3.63, 3.8) is 0 Å². The Kier molecular flexibility index (Phi) is 2.64. The van der Waals surface area contributed by atoms with Crippen molar-refractivity contribution >= 4 is 16.7 Å². The maximum Gasteiger partial charge on any atom is 0.137 e. The number of hydrogen-bond acceptors (Lipinski definition) is 4. The molecule has 5 nitrogen and oxygen atoms in total. The molecule has 1 aromatic carbocycles. The molecule has 2 N–H and O–H groups in total. The Hall–Kier alpha value is -2.43. The molecule has 2 heterocycles. The van der Waals surface area contributed by atoms with Gasteiger partial charge in [0, 0.05) is 23.2 Å². The van der Waals surface area contributed by atoms with E-state index in [-0.39, 0.29) is 0 Å². The summed E-state index contributed by atoms with van der Waals surface area (Å²) in [5, 5.41) is 11.3. The van der Waals surface area contributed by atoms with Gasteiger partial charge in [0.25, 0.3) is 0 Å². The number of nitrogens with one attached hydrogen (secondary N) is 2. The first-order chi connectivity index (χ1) is 8.84. The van der Waals surface area contributed by atoms with Gasteiger partial charge in [0.1, 0.15) is 12.1 Å². The van der Waals surface area contributed by atoms with Gasteiger partial charge >= 0.3 is 0 Å². The Balaban J connectivity index is 1.89. The van der Waals surface area contributed by atoms with E-state index in [0.717, 1.165) is 28.0 Å². The van der Waals surface area contributed by atoms with E-state index in [0.29, 0.717) is 6.54 Å². The van der Waals surface area contributed by atoms with E-state index in [2.05, 4.69) is 25.5 Å². The normalized spacial score (nSPS) is 10.7. The lowest BCUT2D eigenvalue weighted by Crippen LogP contribution is -2.02. The maximum atomic E-state index is 4.28. The smallest absolute Gasteiger partial charge is 0.137 e. The summed E-state index contributed by atoms with van der Waals surface area (Å²) >= 11 is 0. The summed E-state index contributed by atoms with van der Waals surface area (Å²) in [4.78, 5) is 8.52. The number of aromatic amines is 1. The molecule has 0 amide bonds. The van der Waals surface area contributed by atoms with Gasteiger partial charge in [-0.15, -0.1) is 0 Å². The summed E-state index contributed by atoms with van der Waals surface area (Å²) in [6.45, 7) is 2.70. The minimum Gasteiger partial charge on any atom is -0.365 e. The molecule has 18 heavy (non-hydrogen) atoms. The largest absolute Gasteiger partial charge is 0.365 e. The maximum absolute atomic E-state index is 4.28. The number of para-hydroxylation sites is 1. The molecule has 3 aromatic rings. The summed E-state index contributed by atoms with van der Waals surface area (Å²) in [6.07, 6.45) is 3.40. The number of aryl methyl sites for hydroxylation is 1. The molecule has 0 atom stereocenters. The van der Waals surface area contributed by atoms with Crippen molar-refractivity contribution in [2.75, 3.05) is 5.32 Å². The summed E-state index contributed by atoms with van der Waals surface area (Å²) in [5.74, 6) is 0.848. The monoisotopic (exact) mass is 239 g/mol. The number of anilines is 1. The number of nitrogens with zero attached hydrogens (tertiary/aromatic N) is 3. The zero-order chi connectivity index (χ0) is 12.4. The zero-order valence-corrected chi connectivity index (χ0v) is 10.0. The van der Waals surface area contributed by atoms with Crippen LogP contribution in [0.15, 0.2) is 36.8 Å². The van der Waals surface area contributed by atoms with E-state index < -0.39 is 0 Å². The van der Waals surface area contributed by atoms with Gasteiger partial charge in [0.05, 0.1) is 11.7 Å². The number of benzene rings is 1. The van der Waals surface area contributed by atoms with E-state index in [1.54, 1.807) is 6.33 Å². The van der Waals surface area contributed by atoms with Crippen LogP contribution in [0.25, 0.3) is 10.9 Å². The standard InChI is InChI=1S/C13H13N5/c1-9-10(7-17-18-9)6-14-13-11-4-2-3-5-12(11)15-8-16-13/h2-5,7-8H,6H2,1H3,(H,17,18)(H,14,15,16). The molecule has 0 bridgehead atoms. The summed E-state index contributed by atoms with van der Waals surface area (Å²) < 4.78 is 0. The van der Waals surface area contributed by atoms with Crippen molar-refractivity contribution < 1.29 is 0 Å². The second-order valence-corrected chi connectivity index (χ2v) is 4.11. The average molecular weight is 239 g/mol. The van der Waals surface area contributed by atoms with Gasteiger partial charge in [-0.1, -0.05) is 12.1 Å². The fraction of sp³-hybridized carbons (Fsp3) is 0.154. The Bertz CT molecular complexity index is 668. The van der Waals surface area contributed by atoms with Crippen LogP contribution in [0, 0.1) is 6.92 Å². The molecule has 0 unspecified atom stereocenters. The number of rotatable bonds is 3. The van der Waals surface area contributed by atoms with Crippen molar-refractivity contribution in [1.29, 1.82) is 0 Å². The second-order valence-electron chi connectivity index (χ2n) is 4.11. The SMILES string of the molecule is Cc1[nH]ncc1CNc1ncnc2ccccc12. The van der Waals surface area contributed by atoms with Crippen molar-refractivity contribution in [1.82, 2.24) is 20.2 Å². The Morgan fingerprint density at radius 2 is 2.11 bits per heavy atom. The molecule has 0 aliphatic rings. The third kappa shape index (κ3) is 1.90. The molecule has 2 aromatic heterocycles. The number of aromatic nitrogens is 4. The van der Waals surface area contributed by atoms with Gasteiger partial charge in [0.2, 0.25) is 0 Å². The van der Waals surface area contributed by atoms with E-state index in [1.807, 2.05) is 37.4 Å². The molecule has 0 spiro atoms. The van der Waals surface area contributed by atoms with E-state index in [4.69, 9.17) is 0 Å². The Morgan fingerprint density at radius 3 is 2.94 bits per heavy atom. The number of hydrogen-bond donors (Lipinski definition) is 2. The highest BCUT2D eigenvalue weighted by Gasteiger charge is 2.04. The Labute approximate surface area is 104 Å². The number of H-pyrrole nitrogens is 1. The first-order valence-electron chi connectivity index (χ1n) is 5.77. The second kappa shape index (κ2) is 4.44. The molecule has 90 valence electrons. The number of fused-ring (bicyclic) bond motifs is 1. The zero-order valence-electron chi connectivity index (χ0n) is 10.0. The molecule has 0 radical (unpaired) electrons. The minimum absolute atomic E-state index is 0.698. The highest BCUT2D eigenvalue weighted by atomic mass is 15.1. The van der Waals surface area contributed by atoms with Gasteiger partial charge < -0.3 is 5.32 Å². The molecule has 0 aliphatic carbocycles. The van der Waals surface area contributed by atoms with Gasteiger partial charge in [-0.25, -0.2) is 9.97 Å². The van der Waals surface area contributed by atoms with Crippen molar-refractivity contribution in [2.45, 2.75) is 13.5 Å². The fourth-order valence-corrected chi connectivity index (χ4v) is 1.88. The van der Waals surface area contributed by atoms with E-state index in [9.17, 15) is 0 Å². The van der Waals surface area contributed by atoms with Crippen LogP contribution >= 0.6 is 0 Å². The predicted octanol–water partition coefficient (Wildman–Crippen LogP) is 2.27. The van der Waals surface area contributed by atoms with Gasteiger partial charge in [-0.05, 0) is 19.1 Å². The average Bonchev–Trinajstić information content (AvgIpc) is 2.82. The molecule has 5 heteroatoms. The van der Waals surface area contributed by atoms with Gasteiger partial charge in [-0.2, -0.15) is 5.10 Å². The van der Waals surface area contributed by atoms with Crippen LogP contribution < -0.4 is 5.32 Å². The molecule has 0 aliphatic heterocycles. The first-order valence-corrected chi connectivity index (χ1v) is 5.77. The van der Waals surface area contributed by atoms with Crippen LogP contribution in [0.4, 0.5) is 5.82 Å². The highest BCUT2D eigenvalue weighted by molar-refractivity contribution is 5.88. The minimum atomic E-state index is 0.698. The lowest BCUT2D eigenvalue weighted by molar-refractivity contribution is 1.04. The van der Waals surface area contributed by atoms with E-state index in [1.165, 1.54) is 0 Å². The summed E-state index contributed by atoms with van der Waals surface area (Å²) in [5.41, 5.74) is 3.15. The first kappa shape index (κ1) is 10.7. The topological polar surface area (TPSA) is 66.5 Å². The molecule has 0 saturated carbocycles. The van der Waals surface area contributed by atoms with Crippen LogP contribution in [0.3, 0.4) is 0 Å². The molecular formula is C13H13N5. The quantitative estimate of drug-likeness (QED) is 0.735. The third-order valence-corrected chi connectivity index (χ3v) is 2.92. The van der Waals surface area contributed by atoms with Crippen LogP contribution in [0.1, 0.15) is 11.3 Å². The molecule has 0 saturated heterocycles. The highest BCUT2D eigenvalue weighted by Crippen LogP contribution is 2.19. The van der Waals surface area contributed by atoms with Gasteiger partial charge in [0.15, 0.2) is 0 Å². The summed E-state index contributed by atoms with van der Waals surface area (Å²) in [6, 6.07) is 7.95. The Morgan fingerprint density at radius 1 is 1.22 bits per heavy atom. The van der Waals surface area contributed by atoms with Crippen LogP contribution in [-0.2, 0) is 6.54 Å². The lowest BCUT2D eigenvalue weighted by atomic mass is 10.2. The lowest BCUT2D eigenvalue weighted by Gasteiger charge is -2.07.